The Hall–Kier alpha value is -2.24. The number of carbonyl (C=O) groups excluding carboxylic acids is 2. The van der Waals surface area contributed by atoms with Crippen molar-refractivity contribution >= 4 is 17.9 Å². The van der Waals surface area contributed by atoms with Gasteiger partial charge in [-0.1, -0.05) is 38.7 Å². The molecular weight excluding hydrogens is 308 g/mol. The molecule has 1 aromatic rings. The minimum absolute atomic E-state index is 0.195. The zero-order chi connectivity index (χ0) is 17.2. The van der Waals surface area contributed by atoms with Crippen LogP contribution in [0.2, 0.25) is 0 Å². The van der Waals surface area contributed by atoms with Crippen LogP contribution >= 0.6 is 0 Å². The third kappa shape index (κ3) is 6.48. The van der Waals surface area contributed by atoms with E-state index in [0.717, 1.165) is 38.5 Å². The van der Waals surface area contributed by atoms with E-state index < -0.39 is 12.2 Å². The molecule has 1 saturated carbocycles. The summed E-state index contributed by atoms with van der Waals surface area (Å²) in [6.07, 6.45) is 6.35. The van der Waals surface area contributed by atoms with Gasteiger partial charge in [-0.15, -0.1) is 0 Å². The summed E-state index contributed by atoms with van der Waals surface area (Å²) >= 11 is 0. The molecule has 0 bridgehead atoms. The van der Waals surface area contributed by atoms with E-state index in [9.17, 15) is 9.59 Å². The molecule has 2 N–H and O–H groups in total. The van der Waals surface area contributed by atoms with Crippen molar-refractivity contribution in [1.29, 1.82) is 0 Å². The molecule has 1 fully saturated rings. The van der Waals surface area contributed by atoms with Gasteiger partial charge in [0.05, 0.1) is 6.61 Å². The SMILES string of the molecule is CCCCOC(=O)Nc1cccc(OC(=O)NC2CCCCC2)c1. The number of benzene rings is 1. The summed E-state index contributed by atoms with van der Waals surface area (Å²) in [4.78, 5) is 23.6. The lowest BCUT2D eigenvalue weighted by atomic mass is 9.96. The maximum Gasteiger partial charge on any atom is 0.412 e. The van der Waals surface area contributed by atoms with Crippen LogP contribution in [0, 0.1) is 0 Å². The number of anilines is 1. The Morgan fingerprint density at radius 1 is 1.17 bits per heavy atom. The average Bonchev–Trinajstić information content (AvgIpc) is 2.56. The Bertz CT molecular complexity index is 542. The summed E-state index contributed by atoms with van der Waals surface area (Å²) in [5.41, 5.74) is 0.527. The molecule has 2 rings (SSSR count). The smallest absolute Gasteiger partial charge is 0.412 e. The normalized spacial score (nSPS) is 14.7. The fraction of sp³-hybridized carbons (Fsp3) is 0.556. The number of ether oxygens (including phenoxy) is 2. The van der Waals surface area contributed by atoms with Gasteiger partial charge in [-0.3, -0.25) is 5.32 Å². The van der Waals surface area contributed by atoms with E-state index in [0.29, 0.717) is 18.0 Å². The summed E-state index contributed by atoms with van der Waals surface area (Å²) in [5.74, 6) is 0.384. The second-order valence-corrected chi connectivity index (χ2v) is 6.01. The number of hydrogen-bond acceptors (Lipinski definition) is 4. The van der Waals surface area contributed by atoms with Crippen molar-refractivity contribution in [2.45, 2.75) is 57.9 Å². The van der Waals surface area contributed by atoms with Crippen LogP contribution in [0.15, 0.2) is 24.3 Å². The van der Waals surface area contributed by atoms with Gasteiger partial charge in [-0.05, 0) is 31.4 Å². The van der Waals surface area contributed by atoms with Crippen LogP contribution in [0.25, 0.3) is 0 Å². The van der Waals surface area contributed by atoms with Crippen LogP contribution in [0.1, 0.15) is 51.9 Å². The molecular formula is C18H26N2O4. The first-order chi connectivity index (χ1) is 11.7. The van der Waals surface area contributed by atoms with Crippen LogP contribution < -0.4 is 15.4 Å². The molecule has 24 heavy (non-hydrogen) atoms. The summed E-state index contributed by atoms with van der Waals surface area (Å²) in [5, 5.41) is 5.51. The van der Waals surface area contributed by atoms with Crippen LogP contribution in [0.5, 0.6) is 5.75 Å². The molecule has 0 heterocycles. The lowest BCUT2D eigenvalue weighted by Gasteiger charge is -2.22. The molecule has 2 amide bonds. The Balaban J connectivity index is 1.80. The van der Waals surface area contributed by atoms with Gasteiger partial charge in [0.25, 0.3) is 0 Å². The third-order valence-electron chi connectivity index (χ3n) is 3.95. The van der Waals surface area contributed by atoms with Gasteiger partial charge < -0.3 is 14.8 Å². The molecule has 0 spiro atoms. The number of carbonyl (C=O) groups is 2. The van der Waals surface area contributed by atoms with Gasteiger partial charge in [-0.2, -0.15) is 0 Å². The predicted molar refractivity (Wildman–Crippen MR) is 92.4 cm³/mol. The quantitative estimate of drug-likeness (QED) is 0.753. The average molecular weight is 334 g/mol. The van der Waals surface area contributed by atoms with E-state index in [-0.39, 0.29) is 6.04 Å². The minimum Gasteiger partial charge on any atom is -0.449 e. The highest BCUT2D eigenvalue weighted by molar-refractivity contribution is 5.85. The highest BCUT2D eigenvalue weighted by Gasteiger charge is 2.16. The molecule has 6 nitrogen and oxygen atoms in total. The lowest BCUT2D eigenvalue weighted by Crippen LogP contribution is -2.38. The van der Waals surface area contributed by atoms with E-state index in [1.807, 2.05) is 6.92 Å². The van der Waals surface area contributed by atoms with Crippen molar-refractivity contribution in [2.75, 3.05) is 11.9 Å². The first kappa shape index (κ1) is 18.1. The zero-order valence-corrected chi connectivity index (χ0v) is 14.2. The fourth-order valence-corrected chi connectivity index (χ4v) is 2.65. The lowest BCUT2D eigenvalue weighted by molar-refractivity contribution is 0.160. The fourth-order valence-electron chi connectivity index (χ4n) is 2.65. The molecule has 1 aliphatic rings. The third-order valence-corrected chi connectivity index (χ3v) is 3.95. The van der Waals surface area contributed by atoms with Crippen molar-refractivity contribution in [3.63, 3.8) is 0 Å². The molecule has 132 valence electrons. The van der Waals surface area contributed by atoms with E-state index in [1.54, 1.807) is 24.3 Å². The molecule has 6 heteroatoms. The maximum absolute atomic E-state index is 11.9. The molecule has 0 atom stereocenters. The molecule has 0 radical (unpaired) electrons. The van der Waals surface area contributed by atoms with Gasteiger partial charge in [0.2, 0.25) is 0 Å². The van der Waals surface area contributed by atoms with Crippen LogP contribution in [-0.4, -0.2) is 24.8 Å². The first-order valence-electron chi connectivity index (χ1n) is 8.69. The highest BCUT2D eigenvalue weighted by Crippen LogP contribution is 2.20. The Morgan fingerprint density at radius 2 is 1.96 bits per heavy atom. The Labute approximate surface area is 142 Å². The number of unbranched alkanes of at least 4 members (excludes halogenated alkanes) is 1. The molecule has 1 aromatic carbocycles. The van der Waals surface area contributed by atoms with Crippen molar-refractivity contribution in [1.82, 2.24) is 5.32 Å². The zero-order valence-electron chi connectivity index (χ0n) is 14.2. The van der Waals surface area contributed by atoms with Gasteiger partial charge in [0.1, 0.15) is 5.75 Å². The van der Waals surface area contributed by atoms with E-state index in [2.05, 4.69) is 10.6 Å². The molecule has 0 aliphatic heterocycles. The highest BCUT2D eigenvalue weighted by atomic mass is 16.6. The van der Waals surface area contributed by atoms with Gasteiger partial charge >= 0.3 is 12.2 Å². The number of amides is 2. The van der Waals surface area contributed by atoms with E-state index in [1.165, 1.54) is 6.42 Å². The number of rotatable bonds is 6. The summed E-state index contributed by atoms with van der Waals surface area (Å²) in [6, 6.07) is 6.90. The standard InChI is InChI=1S/C18H26N2O4/c1-2-3-12-23-17(21)20-15-10-7-11-16(13-15)24-18(22)19-14-8-5-4-6-9-14/h7,10-11,13-14H,2-6,8-9,12H2,1H3,(H,19,22)(H,20,21). The van der Waals surface area contributed by atoms with Crippen LogP contribution in [-0.2, 0) is 4.74 Å². The Kier molecular flexibility index (Phi) is 7.39. The van der Waals surface area contributed by atoms with Crippen LogP contribution in [0.4, 0.5) is 15.3 Å². The second kappa shape index (κ2) is 9.80. The molecule has 0 unspecified atom stereocenters. The minimum atomic E-state index is -0.507. The summed E-state index contributed by atoms with van der Waals surface area (Å²) < 4.78 is 10.3. The summed E-state index contributed by atoms with van der Waals surface area (Å²) in [6.45, 7) is 2.42. The van der Waals surface area contributed by atoms with Gasteiger partial charge in [0.15, 0.2) is 0 Å². The molecule has 0 aromatic heterocycles. The van der Waals surface area contributed by atoms with E-state index in [4.69, 9.17) is 9.47 Å². The van der Waals surface area contributed by atoms with E-state index >= 15 is 0 Å². The van der Waals surface area contributed by atoms with Crippen molar-refractivity contribution < 1.29 is 19.1 Å². The van der Waals surface area contributed by atoms with Gasteiger partial charge in [-0.25, -0.2) is 9.59 Å². The molecule has 1 aliphatic carbocycles. The number of nitrogens with one attached hydrogen (secondary N) is 2. The number of hydrogen-bond donors (Lipinski definition) is 2. The maximum atomic E-state index is 11.9. The predicted octanol–water partition coefficient (Wildman–Crippen LogP) is 4.46. The Morgan fingerprint density at radius 3 is 2.71 bits per heavy atom. The van der Waals surface area contributed by atoms with Crippen molar-refractivity contribution in [3.05, 3.63) is 24.3 Å². The van der Waals surface area contributed by atoms with Crippen molar-refractivity contribution in [2.24, 2.45) is 0 Å². The van der Waals surface area contributed by atoms with Crippen LogP contribution in [0.3, 0.4) is 0 Å². The monoisotopic (exact) mass is 334 g/mol. The van der Waals surface area contributed by atoms with Gasteiger partial charge in [0, 0.05) is 17.8 Å². The first-order valence-corrected chi connectivity index (χ1v) is 8.69. The molecule has 0 saturated heterocycles. The van der Waals surface area contributed by atoms with Crippen molar-refractivity contribution in [3.8, 4) is 5.75 Å². The second-order valence-electron chi connectivity index (χ2n) is 6.01. The topological polar surface area (TPSA) is 76.7 Å². The largest absolute Gasteiger partial charge is 0.449 e. The summed E-state index contributed by atoms with van der Waals surface area (Å²) in [7, 11) is 0.